The van der Waals surface area contributed by atoms with E-state index >= 15 is 0 Å². The third-order valence-electron chi connectivity index (χ3n) is 3.32. The molecule has 2 N–H and O–H groups in total. The average molecular weight is 239 g/mol. The largest absolute Gasteiger partial charge is 0.367 e. The zero-order chi connectivity index (χ0) is 12.3. The molecule has 1 saturated carbocycles. The van der Waals surface area contributed by atoms with Crippen molar-refractivity contribution in [1.29, 1.82) is 0 Å². The molecular formula is C12H21N3O2. The van der Waals surface area contributed by atoms with Crippen LogP contribution in [0.4, 0.5) is 0 Å². The Morgan fingerprint density at radius 3 is 2.65 bits per heavy atom. The highest BCUT2D eigenvalue weighted by molar-refractivity contribution is 5.04. The first kappa shape index (κ1) is 12.5. The van der Waals surface area contributed by atoms with Crippen LogP contribution in [0.15, 0.2) is 4.52 Å². The molecule has 2 rings (SSSR count). The van der Waals surface area contributed by atoms with Crippen molar-refractivity contribution in [3.05, 3.63) is 11.7 Å². The third kappa shape index (κ3) is 2.50. The summed E-state index contributed by atoms with van der Waals surface area (Å²) >= 11 is 0. The summed E-state index contributed by atoms with van der Waals surface area (Å²) < 4.78 is 11.1. The molecule has 1 heterocycles. The molecule has 0 saturated heterocycles. The predicted octanol–water partition coefficient (Wildman–Crippen LogP) is 2.29. The molecule has 1 aliphatic carbocycles. The van der Waals surface area contributed by atoms with E-state index in [0.717, 1.165) is 25.7 Å². The summed E-state index contributed by atoms with van der Waals surface area (Å²) in [5, 5.41) is 4.06. The normalized spacial score (nSPS) is 21.4. The highest BCUT2D eigenvalue weighted by Crippen LogP contribution is 2.39. The number of hydrogen-bond donors (Lipinski definition) is 1. The van der Waals surface area contributed by atoms with Crippen LogP contribution >= 0.6 is 0 Å². The van der Waals surface area contributed by atoms with Crippen molar-refractivity contribution in [1.82, 2.24) is 10.1 Å². The molecule has 5 nitrogen and oxygen atoms in total. The molecule has 0 aromatic carbocycles. The zero-order valence-corrected chi connectivity index (χ0v) is 10.6. The van der Waals surface area contributed by atoms with E-state index in [1.807, 2.05) is 13.8 Å². The molecule has 0 spiro atoms. The van der Waals surface area contributed by atoms with E-state index in [4.69, 9.17) is 15.0 Å². The highest BCUT2D eigenvalue weighted by atomic mass is 16.5. The first-order valence-electron chi connectivity index (χ1n) is 6.41. The maximum absolute atomic E-state index is 5.92. The van der Waals surface area contributed by atoms with Crippen molar-refractivity contribution in [2.45, 2.75) is 57.6 Å². The van der Waals surface area contributed by atoms with Crippen LogP contribution in [0.2, 0.25) is 0 Å². The van der Waals surface area contributed by atoms with Crippen molar-refractivity contribution >= 4 is 0 Å². The van der Waals surface area contributed by atoms with E-state index in [1.165, 1.54) is 6.42 Å². The van der Waals surface area contributed by atoms with Gasteiger partial charge in [0, 0.05) is 6.61 Å². The summed E-state index contributed by atoms with van der Waals surface area (Å²) in [6.07, 6.45) is 5.51. The van der Waals surface area contributed by atoms with Crippen molar-refractivity contribution in [3.8, 4) is 0 Å². The molecule has 1 aromatic rings. The lowest BCUT2D eigenvalue weighted by Gasteiger charge is -2.33. The van der Waals surface area contributed by atoms with Gasteiger partial charge in [0.05, 0.1) is 6.04 Å². The number of rotatable bonds is 4. The van der Waals surface area contributed by atoms with Gasteiger partial charge in [-0.05, 0) is 26.7 Å². The fraction of sp³-hybridized carbons (Fsp3) is 0.833. The van der Waals surface area contributed by atoms with Gasteiger partial charge in [-0.15, -0.1) is 0 Å². The van der Waals surface area contributed by atoms with Gasteiger partial charge in [-0.3, -0.25) is 0 Å². The molecule has 5 heteroatoms. The van der Waals surface area contributed by atoms with E-state index < -0.39 is 0 Å². The molecule has 1 aliphatic rings. The summed E-state index contributed by atoms with van der Waals surface area (Å²) in [4.78, 5) is 4.40. The molecule has 1 fully saturated rings. The molecule has 0 amide bonds. The van der Waals surface area contributed by atoms with Gasteiger partial charge >= 0.3 is 0 Å². The van der Waals surface area contributed by atoms with E-state index in [0.29, 0.717) is 18.3 Å². The highest BCUT2D eigenvalue weighted by Gasteiger charge is 2.39. The monoisotopic (exact) mass is 239 g/mol. The van der Waals surface area contributed by atoms with E-state index in [9.17, 15) is 0 Å². The summed E-state index contributed by atoms with van der Waals surface area (Å²) in [6.45, 7) is 4.51. The fourth-order valence-corrected chi connectivity index (χ4v) is 2.44. The maximum atomic E-state index is 5.92. The number of nitrogens with zero attached hydrogens (tertiary/aromatic N) is 2. The molecule has 0 radical (unpaired) electrons. The molecular weight excluding hydrogens is 218 g/mol. The Labute approximate surface area is 102 Å². The van der Waals surface area contributed by atoms with Crippen LogP contribution in [0.1, 0.15) is 63.7 Å². The summed E-state index contributed by atoms with van der Waals surface area (Å²) in [5.41, 5.74) is 5.39. The molecule has 1 aromatic heterocycles. The first-order chi connectivity index (χ1) is 8.18. The minimum atomic E-state index is -0.344. The van der Waals surface area contributed by atoms with Crippen LogP contribution in [-0.4, -0.2) is 16.7 Å². The fourth-order valence-electron chi connectivity index (χ4n) is 2.44. The van der Waals surface area contributed by atoms with Crippen LogP contribution in [0.3, 0.4) is 0 Å². The van der Waals surface area contributed by atoms with Crippen LogP contribution in [-0.2, 0) is 10.3 Å². The first-order valence-corrected chi connectivity index (χ1v) is 6.41. The number of nitrogens with two attached hydrogens (primary N) is 1. The number of hydrogen-bond acceptors (Lipinski definition) is 5. The smallest absolute Gasteiger partial charge is 0.243 e. The van der Waals surface area contributed by atoms with E-state index in [2.05, 4.69) is 10.1 Å². The lowest BCUT2D eigenvalue weighted by molar-refractivity contribution is -0.0777. The lowest BCUT2D eigenvalue weighted by atomic mass is 9.84. The van der Waals surface area contributed by atoms with Gasteiger partial charge in [0.15, 0.2) is 0 Å². The second-order valence-corrected chi connectivity index (χ2v) is 4.73. The van der Waals surface area contributed by atoms with E-state index in [-0.39, 0.29) is 11.6 Å². The van der Waals surface area contributed by atoms with Crippen LogP contribution < -0.4 is 5.73 Å². The lowest BCUT2D eigenvalue weighted by Crippen LogP contribution is -2.33. The second-order valence-electron chi connectivity index (χ2n) is 4.73. The quantitative estimate of drug-likeness (QED) is 0.872. The Bertz CT molecular complexity index is 351. The topological polar surface area (TPSA) is 74.2 Å². The summed E-state index contributed by atoms with van der Waals surface area (Å²) in [5.74, 6) is 1.16. The Hall–Kier alpha value is -0.940. The molecule has 96 valence electrons. The van der Waals surface area contributed by atoms with Crippen molar-refractivity contribution < 1.29 is 9.26 Å². The Balaban J connectivity index is 2.24. The second kappa shape index (κ2) is 5.14. The number of aromatic nitrogens is 2. The molecule has 0 bridgehead atoms. The summed E-state index contributed by atoms with van der Waals surface area (Å²) in [7, 11) is 0. The van der Waals surface area contributed by atoms with Gasteiger partial charge in [0.2, 0.25) is 11.7 Å². The molecule has 0 aliphatic heterocycles. The third-order valence-corrected chi connectivity index (χ3v) is 3.32. The van der Waals surface area contributed by atoms with Crippen LogP contribution in [0.25, 0.3) is 0 Å². The zero-order valence-electron chi connectivity index (χ0n) is 10.6. The predicted molar refractivity (Wildman–Crippen MR) is 63.3 cm³/mol. The Morgan fingerprint density at radius 1 is 1.41 bits per heavy atom. The van der Waals surface area contributed by atoms with Gasteiger partial charge in [-0.2, -0.15) is 4.98 Å². The van der Waals surface area contributed by atoms with Gasteiger partial charge in [0.1, 0.15) is 5.60 Å². The Kier molecular flexibility index (Phi) is 3.79. The van der Waals surface area contributed by atoms with Crippen molar-refractivity contribution in [3.63, 3.8) is 0 Å². The van der Waals surface area contributed by atoms with Crippen molar-refractivity contribution in [2.24, 2.45) is 5.73 Å². The summed E-state index contributed by atoms with van der Waals surface area (Å²) in [6, 6.07) is -0.224. The van der Waals surface area contributed by atoms with Gasteiger partial charge in [-0.1, -0.05) is 24.4 Å². The van der Waals surface area contributed by atoms with Crippen LogP contribution in [0, 0.1) is 0 Å². The maximum Gasteiger partial charge on any atom is 0.243 e. The van der Waals surface area contributed by atoms with Gasteiger partial charge in [0.25, 0.3) is 0 Å². The minimum Gasteiger partial charge on any atom is -0.367 e. The van der Waals surface area contributed by atoms with Gasteiger partial charge in [-0.25, -0.2) is 0 Å². The van der Waals surface area contributed by atoms with Crippen molar-refractivity contribution in [2.75, 3.05) is 6.61 Å². The molecule has 17 heavy (non-hydrogen) atoms. The van der Waals surface area contributed by atoms with Gasteiger partial charge < -0.3 is 15.0 Å². The van der Waals surface area contributed by atoms with Crippen LogP contribution in [0.5, 0.6) is 0 Å². The molecule has 1 unspecified atom stereocenters. The Morgan fingerprint density at radius 2 is 2.12 bits per heavy atom. The average Bonchev–Trinajstić information content (AvgIpc) is 2.80. The van der Waals surface area contributed by atoms with E-state index in [1.54, 1.807) is 0 Å². The SMILES string of the molecule is CCOC1(c2noc(C(C)N)n2)CCCCC1. The number of ether oxygens (including phenoxy) is 1. The molecule has 1 atom stereocenters. The standard InChI is InChI=1S/C12H21N3O2/c1-3-16-12(7-5-4-6-8-12)11-14-10(9(2)13)17-15-11/h9H,3-8,13H2,1-2H3. The minimum absolute atomic E-state index is 0.224.